The van der Waals surface area contributed by atoms with E-state index in [-0.39, 0.29) is 17.2 Å². The van der Waals surface area contributed by atoms with Gasteiger partial charge in [0.15, 0.2) is 5.78 Å². The number of ketones is 1. The first-order valence-electron chi connectivity index (χ1n) is 6.49. The largest absolute Gasteiger partial charge is 0.469 e. The fourth-order valence-corrected chi connectivity index (χ4v) is 3.83. The zero-order chi connectivity index (χ0) is 14.6. The summed E-state index contributed by atoms with van der Waals surface area (Å²) in [6.45, 7) is 0. The molecule has 108 valence electrons. The Balaban J connectivity index is 1.80. The van der Waals surface area contributed by atoms with Gasteiger partial charge in [0.05, 0.1) is 19.3 Å². The number of halogens is 1. The highest BCUT2D eigenvalue weighted by Crippen LogP contribution is 2.51. The molecule has 1 aromatic rings. The highest BCUT2D eigenvalue weighted by Gasteiger charge is 2.44. The van der Waals surface area contributed by atoms with Crippen LogP contribution in [0.15, 0.2) is 28.7 Å². The number of hydrogen-bond acceptors (Lipinski definition) is 4. The second kappa shape index (κ2) is 6.76. The number of hydrogen-bond donors (Lipinski definition) is 0. The van der Waals surface area contributed by atoms with Crippen LogP contribution in [0.25, 0.3) is 0 Å². The molecule has 0 aromatic heterocycles. The lowest BCUT2D eigenvalue weighted by molar-refractivity contribution is -0.141. The van der Waals surface area contributed by atoms with Gasteiger partial charge in [-0.15, -0.1) is 0 Å². The summed E-state index contributed by atoms with van der Waals surface area (Å²) in [5, 5.41) is 0. The van der Waals surface area contributed by atoms with E-state index in [1.165, 1.54) is 7.11 Å². The molecule has 1 saturated carbocycles. The SMILES string of the molecule is COC(=O)CC1(CSCC(=O)c2ccccc2Br)CC1. The van der Waals surface area contributed by atoms with Gasteiger partial charge in [0.25, 0.3) is 0 Å². The van der Waals surface area contributed by atoms with E-state index in [4.69, 9.17) is 4.74 Å². The van der Waals surface area contributed by atoms with Gasteiger partial charge in [0.2, 0.25) is 0 Å². The standard InChI is InChI=1S/C15H17BrO3S/c1-19-14(18)8-15(6-7-15)10-20-9-13(17)11-4-2-3-5-12(11)16/h2-5H,6-10H2,1H3. The molecule has 5 heteroatoms. The average molecular weight is 357 g/mol. The summed E-state index contributed by atoms with van der Waals surface area (Å²) in [6, 6.07) is 7.46. The molecule has 1 aliphatic rings. The second-order valence-corrected chi connectivity index (χ2v) is 6.99. The second-order valence-electron chi connectivity index (χ2n) is 5.15. The number of carbonyl (C=O) groups is 2. The van der Waals surface area contributed by atoms with Crippen LogP contribution in [-0.4, -0.2) is 30.4 Å². The van der Waals surface area contributed by atoms with Gasteiger partial charge >= 0.3 is 5.97 Å². The summed E-state index contributed by atoms with van der Waals surface area (Å²) in [5.41, 5.74) is 0.796. The molecule has 1 fully saturated rings. The van der Waals surface area contributed by atoms with Crippen LogP contribution in [0, 0.1) is 5.41 Å². The third-order valence-electron chi connectivity index (χ3n) is 3.52. The van der Waals surface area contributed by atoms with Crippen molar-refractivity contribution in [3.63, 3.8) is 0 Å². The van der Waals surface area contributed by atoms with Gasteiger partial charge in [-0.05, 0) is 30.1 Å². The molecular weight excluding hydrogens is 340 g/mol. The van der Waals surface area contributed by atoms with Crippen LogP contribution in [0.5, 0.6) is 0 Å². The molecule has 0 radical (unpaired) electrons. The lowest BCUT2D eigenvalue weighted by Crippen LogP contribution is -2.14. The Kier molecular flexibility index (Phi) is 5.27. The van der Waals surface area contributed by atoms with Crippen LogP contribution < -0.4 is 0 Å². The summed E-state index contributed by atoms with van der Waals surface area (Å²) in [5.74, 6) is 1.26. The molecule has 0 saturated heterocycles. The molecule has 1 aliphatic carbocycles. The molecule has 0 atom stereocenters. The summed E-state index contributed by atoms with van der Waals surface area (Å²) in [6.07, 6.45) is 2.58. The fraction of sp³-hybridized carbons (Fsp3) is 0.467. The number of Topliss-reactive ketones (excluding diaryl/α,β-unsaturated/α-hetero) is 1. The predicted molar refractivity (Wildman–Crippen MR) is 84.1 cm³/mol. The zero-order valence-corrected chi connectivity index (χ0v) is 13.8. The van der Waals surface area contributed by atoms with Gasteiger partial charge in [0.1, 0.15) is 0 Å². The molecule has 0 amide bonds. The van der Waals surface area contributed by atoms with Crippen molar-refractivity contribution >= 4 is 39.4 Å². The van der Waals surface area contributed by atoms with E-state index in [0.29, 0.717) is 12.2 Å². The van der Waals surface area contributed by atoms with Crippen LogP contribution in [0.1, 0.15) is 29.6 Å². The van der Waals surface area contributed by atoms with Crippen LogP contribution >= 0.6 is 27.7 Å². The zero-order valence-electron chi connectivity index (χ0n) is 11.4. The van der Waals surface area contributed by atoms with Crippen molar-refractivity contribution in [2.24, 2.45) is 5.41 Å². The van der Waals surface area contributed by atoms with E-state index < -0.39 is 0 Å². The molecule has 0 bridgehead atoms. The first-order valence-corrected chi connectivity index (χ1v) is 8.43. The van der Waals surface area contributed by atoms with E-state index in [1.54, 1.807) is 11.8 Å². The van der Waals surface area contributed by atoms with Crippen molar-refractivity contribution in [1.29, 1.82) is 0 Å². The topological polar surface area (TPSA) is 43.4 Å². The maximum absolute atomic E-state index is 12.1. The van der Waals surface area contributed by atoms with Gasteiger partial charge in [-0.25, -0.2) is 0 Å². The Morgan fingerprint density at radius 3 is 2.65 bits per heavy atom. The lowest BCUT2D eigenvalue weighted by Gasteiger charge is -2.12. The number of thioether (sulfide) groups is 1. The molecule has 0 N–H and O–H groups in total. The number of methoxy groups -OCH3 is 1. The van der Waals surface area contributed by atoms with Gasteiger partial charge in [-0.1, -0.05) is 34.1 Å². The molecule has 3 nitrogen and oxygen atoms in total. The Bertz CT molecular complexity index is 512. The van der Waals surface area contributed by atoms with Crippen LogP contribution in [-0.2, 0) is 9.53 Å². The molecule has 0 unspecified atom stereocenters. The summed E-state index contributed by atoms with van der Waals surface area (Å²) < 4.78 is 5.55. The lowest BCUT2D eigenvalue weighted by atomic mass is 10.1. The number of esters is 1. The van der Waals surface area contributed by atoms with E-state index in [1.807, 2.05) is 24.3 Å². The Labute approximate surface area is 131 Å². The molecule has 0 heterocycles. The first kappa shape index (κ1) is 15.6. The van der Waals surface area contributed by atoms with E-state index in [2.05, 4.69) is 15.9 Å². The quantitative estimate of drug-likeness (QED) is 0.551. The third-order valence-corrected chi connectivity index (χ3v) is 5.49. The Morgan fingerprint density at radius 1 is 1.35 bits per heavy atom. The number of carbonyl (C=O) groups excluding carboxylic acids is 2. The van der Waals surface area contributed by atoms with Crippen molar-refractivity contribution in [3.05, 3.63) is 34.3 Å². The number of ether oxygens (including phenoxy) is 1. The van der Waals surface area contributed by atoms with Crippen LogP contribution in [0.4, 0.5) is 0 Å². The monoisotopic (exact) mass is 356 g/mol. The summed E-state index contributed by atoms with van der Waals surface area (Å²) >= 11 is 5.00. The van der Waals surface area contributed by atoms with Crippen LogP contribution in [0.3, 0.4) is 0 Å². The molecule has 1 aromatic carbocycles. The number of rotatable bonds is 7. The minimum Gasteiger partial charge on any atom is -0.469 e. The Morgan fingerprint density at radius 2 is 2.05 bits per heavy atom. The van der Waals surface area contributed by atoms with Crippen LogP contribution in [0.2, 0.25) is 0 Å². The molecule has 0 spiro atoms. The predicted octanol–water partition coefficient (Wildman–Crippen LogP) is 3.71. The maximum atomic E-state index is 12.1. The smallest absolute Gasteiger partial charge is 0.306 e. The molecule has 20 heavy (non-hydrogen) atoms. The van der Waals surface area contributed by atoms with E-state index in [0.717, 1.165) is 28.6 Å². The van der Waals surface area contributed by atoms with Crippen molar-refractivity contribution in [2.75, 3.05) is 18.6 Å². The first-order chi connectivity index (χ1) is 9.56. The molecule has 0 aliphatic heterocycles. The van der Waals surface area contributed by atoms with Gasteiger partial charge in [-0.3, -0.25) is 9.59 Å². The maximum Gasteiger partial charge on any atom is 0.306 e. The van der Waals surface area contributed by atoms with Crippen molar-refractivity contribution in [1.82, 2.24) is 0 Å². The van der Waals surface area contributed by atoms with Crippen molar-refractivity contribution in [2.45, 2.75) is 19.3 Å². The summed E-state index contributed by atoms with van der Waals surface area (Å²) in [4.78, 5) is 23.4. The van der Waals surface area contributed by atoms with Gasteiger partial charge in [0, 0.05) is 10.0 Å². The third kappa shape index (κ3) is 4.09. The van der Waals surface area contributed by atoms with Crippen molar-refractivity contribution in [3.8, 4) is 0 Å². The minimum absolute atomic E-state index is 0.0754. The molecular formula is C15H17BrO3S. The normalized spacial score (nSPS) is 15.7. The highest BCUT2D eigenvalue weighted by atomic mass is 79.9. The average Bonchev–Trinajstić information content (AvgIpc) is 3.18. The fourth-order valence-electron chi connectivity index (χ4n) is 2.05. The van der Waals surface area contributed by atoms with E-state index >= 15 is 0 Å². The highest BCUT2D eigenvalue weighted by molar-refractivity contribution is 9.10. The summed E-state index contributed by atoms with van der Waals surface area (Å²) in [7, 11) is 1.42. The van der Waals surface area contributed by atoms with E-state index in [9.17, 15) is 9.59 Å². The van der Waals surface area contributed by atoms with Gasteiger partial charge < -0.3 is 4.74 Å². The van der Waals surface area contributed by atoms with Crippen molar-refractivity contribution < 1.29 is 14.3 Å². The minimum atomic E-state index is -0.153. The van der Waals surface area contributed by atoms with Gasteiger partial charge in [-0.2, -0.15) is 11.8 Å². The number of benzene rings is 1. The molecule has 2 rings (SSSR count). The Hall–Kier alpha value is -0.810.